The third-order valence-corrected chi connectivity index (χ3v) is 7.55. The first kappa shape index (κ1) is 24.9. The summed E-state index contributed by atoms with van der Waals surface area (Å²) in [5, 5.41) is 5.42. The Kier molecular flexibility index (Phi) is 7.13. The van der Waals surface area contributed by atoms with E-state index in [9.17, 15) is 4.79 Å². The number of amides is 1. The number of pyridine rings is 1. The van der Waals surface area contributed by atoms with Crippen molar-refractivity contribution >= 4 is 16.9 Å². The third kappa shape index (κ3) is 5.18. The van der Waals surface area contributed by atoms with Crippen LogP contribution >= 0.6 is 0 Å². The van der Waals surface area contributed by atoms with Crippen LogP contribution in [0.15, 0.2) is 36.5 Å². The lowest BCUT2D eigenvalue weighted by molar-refractivity contribution is -0.0728. The fourth-order valence-corrected chi connectivity index (χ4v) is 5.73. The summed E-state index contributed by atoms with van der Waals surface area (Å²) in [5.41, 5.74) is 4.51. The van der Waals surface area contributed by atoms with E-state index in [4.69, 9.17) is 9.72 Å². The standard InChI is InChI=1S/C29H39N5O2/c1-19(2)34-28-26(15-30-34)25(14-27(31-28)24-8-6-20(3)7-9-24)29(35)33-12-10-23(11-13-33)18-32-16-21(4)36-22(5)17-32/h6-9,14-15,19,21-23H,10-13,16-18H2,1-5H3. The Bertz CT molecular complexity index is 1200. The molecule has 0 spiro atoms. The van der Waals surface area contributed by atoms with E-state index in [-0.39, 0.29) is 11.9 Å². The minimum Gasteiger partial charge on any atom is -0.373 e. The smallest absolute Gasteiger partial charge is 0.254 e. The molecule has 4 heterocycles. The molecule has 36 heavy (non-hydrogen) atoms. The van der Waals surface area contributed by atoms with Gasteiger partial charge < -0.3 is 9.64 Å². The van der Waals surface area contributed by atoms with Gasteiger partial charge in [-0.3, -0.25) is 9.69 Å². The predicted molar refractivity (Wildman–Crippen MR) is 143 cm³/mol. The van der Waals surface area contributed by atoms with E-state index in [0.29, 0.717) is 23.7 Å². The van der Waals surface area contributed by atoms with Crippen molar-refractivity contribution in [3.63, 3.8) is 0 Å². The van der Waals surface area contributed by atoms with Gasteiger partial charge in [-0.1, -0.05) is 29.8 Å². The van der Waals surface area contributed by atoms with Crippen molar-refractivity contribution in [2.75, 3.05) is 32.7 Å². The molecule has 3 aromatic rings. The van der Waals surface area contributed by atoms with Gasteiger partial charge in [-0.2, -0.15) is 5.10 Å². The zero-order valence-electron chi connectivity index (χ0n) is 22.3. The van der Waals surface area contributed by atoms with Crippen LogP contribution in [0.4, 0.5) is 0 Å². The molecule has 0 aliphatic carbocycles. The second kappa shape index (κ2) is 10.3. The van der Waals surface area contributed by atoms with E-state index in [2.05, 4.69) is 68.9 Å². The molecule has 1 amide bonds. The largest absolute Gasteiger partial charge is 0.373 e. The molecule has 2 saturated heterocycles. The lowest BCUT2D eigenvalue weighted by Crippen LogP contribution is -2.48. The number of hydrogen-bond acceptors (Lipinski definition) is 5. The van der Waals surface area contributed by atoms with Gasteiger partial charge in [-0.25, -0.2) is 9.67 Å². The number of aryl methyl sites for hydroxylation is 1. The van der Waals surface area contributed by atoms with Crippen LogP contribution in [-0.2, 0) is 4.74 Å². The molecule has 7 nitrogen and oxygen atoms in total. The van der Waals surface area contributed by atoms with Crippen molar-refractivity contribution in [3.8, 4) is 11.3 Å². The van der Waals surface area contributed by atoms with E-state index in [1.54, 1.807) is 0 Å². The topological polar surface area (TPSA) is 63.5 Å². The molecule has 2 atom stereocenters. The summed E-state index contributed by atoms with van der Waals surface area (Å²) in [6.45, 7) is 15.3. The molecule has 0 radical (unpaired) electrons. The first-order chi connectivity index (χ1) is 17.3. The summed E-state index contributed by atoms with van der Waals surface area (Å²) in [4.78, 5) is 23.4. The molecular formula is C29H39N5O2. The number of nitrogens with zero attached hydrogens (tertiary/aromatic N) is 5. The number of fused-ring (bicyclic) bond motifs is 1. The van der Waals surface area contributed by atoms with E-state index in [1.165, 1.54) is 5.56 Å². The van der Waals surface area contributed by atoms with Crippen LogP contribution in [0.25, 0.3) is 22.3 Å². The summed E-state index contributed by atoms with van der Waals surface area (Å²) in [5.74, 6) is 0.710. The van der Waals surface area contributed by atoms with Crippen molar-refractivity contribution in [3.05, 3.63) is 47.7 Å². The number of likely N-dealkylation sites (tertiary alicyclic amines) is 1. The molecule has 0 N–H and O–H groups in total. The first-order valence-corrected chi connectivity index (χ1v) is 13.4. The second-order valence-corrected chi connectivity index (χ2v) is 11.1. The summed E-state index contributed by atoms with van der Waals surface area (Å²) < 4.78 is 7.81. The van der Waals surface area contributed by atoms with E-state index < -0.39 is 0 Å². The van der Waals surface area contributed by atoms with Crippen LogP contribution in [0.5, 0.6) is 0 Å². The molecule has 0 bridgehead atoms. The maximum absolute atomic E-state index is 13.8. The van der Waals surface area contributed by atoms with Gasteiger partial charge in [-0.15, -0.1) is 0 Å². The normalized spacial score (nSPS) is 22.0. The maximum atomic E-state index is 13.8. The zero-order chi connectivity index (χ0) is 25.4. The summed E-state index contributed by atoms with van der Waals surface area (Å²) in [6.07, 6.45) is 4.46. The molecule has 2 fully saturated rings. The van der Waals surface area contributed by atoms with Crippen molar-refractivity contribution in [1.82, 2.24) is 24.6 Å². The molecule has 5 rings (SSSR count). The number of morpholine rings is 1. The molecule has 0 saturated carbocycles. The predicted octanol–water partition coefficient (Wildman–Crippen LogP) is 4.95. The van der Waals surface area contributed by atoms with Crippen LogP contribution in [0.2, 0.25) is 0 Å². The highest BCUT2D eigenvalue weighted by atomic mass is 16.5. The number of rotatable bonds is 5. The molecule has 7 heteroatoms. The fourth-order valence-electron chi connectivity index (χ4n) is 5.73. The molecular weight excluding hydrogens is 450 g/mol. The van der Waals surface area contributed by atoms with Gasteiger partial charge >= 0.3 is 0 Å². The van der Waals surface area contributed by atoms with E-state index >= 15 is 0 Å². The summed E-state index contributed by atoms with van der Waals surface area (Å²) in [6, 6.07) is 10.4. The minimum absolute atomic E-state index is 0.0890. The monoisotopic (exact) mass is 489 g/mol. The number of benzene rings is 1. The lowest BCUT2D eigenvalue weighted by Gasteiger charge is -2.39. The van der Waals surface area contributed by atoms with Crippen molar-refractivity contribution in [2.24, 2.45) is 5.92 Å². The highest BCUT2D eigenvalue weighted by Crippen LogP contribution is 2.29. The quantitative estimate of drug-likeness (QED) is 0.508. The SMILES string of the molecule is Cc1ccc(-c2cc(C(=O)N3CCC(CN4CC(C)OC(C)C4)CC3)c3cnn(C(C)C)c3n2)cc1. The van der Waals surface area contributed by atoms with Gasteiger partial charge in [0.15, 0.2) is 5.65 Å². The van der Waals surface area contributed by atoms with Gasteiger partial charge in [-0.05, 0) is 59.4 Å². The average molecular weight is 490 g/mol. The highest BCUT2D eigenvalue weighted by Gasteiger charge is 2.29. The first-order valence-electron chi connectivity index (χ1n) is 13.4. The number of hydrogen-bond donors (Lipinski definition) is 0. The molecule has 2 unspecified atom stereocenters. The third-order valence-electron chi connectivity index (χ3n) is 7.55. The van der Waals surface area contributed by atoms with E-state index in [0.717, 1.165) is 67.9 Å². The highest BCUT2D eigenvalue weighted by molar-refractivity contribution is 6.06. The maximum Gasteiger partial charge on any atom is 0.254 e. The number of aromatic nitrogens is 3. The Morgan fingerprint density at radius 1 is 1.08 bits per heavy atom. The molecule has 192 valence electrons. The summed E-state index contributed by atoms with van der Waals surface area (Å²) >= 11 is 0. The number of piperidine rings is 1. The number of carbonyl (C=O) groups excluding carboxylic acids is 1. The molecule has 2 aliphatic heterocycles. The molecule has 1 aromatic carbocycles. The van der Waals surface area contributed by atoms with Gasteiger partial charge in [0.05, 0.1) is 35.0 Å². The minimum atomic E-state index is 0.0890. The van der Waals surface area contributed by atoms with Gasteiger partial charge in [0, 0.05) is 44.3 Å². The van der Waals surface area contributed by atoms with Crippen LogP contribution in [-0.4, -0.2) is 75.4 Å². The lowest BCUT2D eigenvalue weighted by atomic mass is 9.95. The van der Waals surface area contributed by atoms with Crippen LogP contribution in [0.3, 0.4) is 0 Å². The van der Waals surface area contributed by atoms with Crippen LogP contribution in [0.1, 0.15) is 62.5 Å². The molecule has 2 aromatic heterocycles. The number of carbonyl (C=O) groups is 1. The van der Waals surface area contributed by atoms with Crippen molar-refractivity contribution in [2.45, 2.75) is 65.7 Å². The molecule has 2 aliphatic rings. The summed E-state index contributed by atoms with van der Waals surface area (Å²) in [7, 11) is 0. The van der Waals surface area contributed by atoms with Gasteiger partial charge in [0.25, 0.3) is 5.91 Å². The van der Waals surface area contributed by atoms with Crippen LogP contribution in [0, 0.1) is 12.8 Å². The number of ether oxygens (including phenoxy) is 1. The Morgan fingerprint density at radius 3 is 2.39 bits per heavy atom. The Labute approximate surface area is 214 Å². The van der Waals surface area contributed by atoms with Crippen molar-refractivity contribution < 1.29 is 9.53 Å². The van der Waals surface area contributed by atoms with Crippen molar-refractivity contribution in [1.29, 1.82) is 0 Å². The van der Waals surface area contributed by atoms with Gasteiger partial charge in [0.2, 0.25) is 0 Å². The zero-order valence-corrected chi connectivity index (χ0v) is 22.3. The fraction of sp³-hybridized carbons (Fsp3) is 0.552. The Hall–Kier alpha value is -2.77. The average Bonchev–Trinajstić information content (AvgIpc) is 3.28. The second-order valence-electron chi connectivity index (χ2n) is 11.1. The Balaban J connectivity index is 1.36. The van der Waals surface area contributed by atoms with Gasteiger partial charge in [0.1, 0.15) is 0 Å². The Morgan fingerprint density at radius 2 is 1.75 bits per heavy atom. The van der Waals surface area contributed by atoms with Crippen LogP contribution < -0.4 is 0 Å². The van der Waals surface area contributed by atoms with E-state index in [1.807, 2.05) is 21.8 Å².